The molecule has 0 unspecified atom stereocenters. The first-order chi connectivity index (χ1) is 7.65. The Labute approximate surface area is 103 Å². The van der Waals surface area contributed by atoms with Crippen LogP contribution in [-0.4, -0.2) is 25.3 Å². The summed E-state index contributed by atoms with van der Waals surface area (Å²) < 4.78 is 0. The molecule has 1 aromatic rings. The zero-order chi connectivity index (χ0) is 11.7. The van der Waals surface area contributed by atoms with Crippen molar-refractivity contribution in [2.24, 2.45) is 5.73 Å². The summed E-state index contributed by atoms with van der Waals surface area (Å²) in [5, 5.41) is 1.11. The average Bonchev–Trinajstić information content (AvgIpc) is 2.83. The number of thiophene rings is 1. The number of amides is 1. The van der Waals surface area contributed by atoms with Crippen LogP contribution in [0.4, 0.5) is 10.7 Å². The summed E-state index contributed by atoms with van der Waals surface area (Å²) in [6.07, 6.45) is 4.39. The van der Waals surface area contributed by atoms with Gasteiger partial charge in [-0.15, -0.1) is 23.1 Å². The Kier molecular flexibility index (Phi) is 3.30. The number of primary amides is 1. The Morgan fingerprint density at radius 2 is 2.06 bits per heavy atom. The molecular formula is C10H15N3OS2. The molecule has 0 atom stereocenters. The molecule has 16 heavy (non-hydrogen) atoms. The van der Waals surface area contributed by atoms with Crippen molar-refractivity contribution in [3.05, 3.63) is 4.88 Å². The molecule has 0 saturated carbocycles. The number of hydrogen-bond donors (Lipinski definition) is 2. The fraction of sp³-hybridized carbons (Fsp3) is 0.500. The van der Waals surface area contributed by atoms with Crippen LogP contribution in [0.3, 0.4) is 0 Å². The molecule has 1 aromatic heterocycles. The monoisotopic (exact) mass is 257 g/mol. The molecule has 4 N–H and O–H groups in total. The summed E-state index contributed by atoms with van der Waals surface area (Å²) >= 11 is 3.00. The van der Waals surface area contributed by atoms with Gasteiger partial charge in [0.15, 0.2) is 0 Å². The van der Waals surface area contributed by atoms with Gasteiger partial charge in [-0.2, -0.15) is 0 Å². The SMILES string of the molecule is CSc1c(N2CCCC2)sc(C(N)=O)c1N. The van der Waals surface area contributed by atoms with Crippen LogP contribution in [0.15, 0.2) is 4.90 Å². The highest BCUT2D eigenvalue weighted by molar-refractivity contribution is 7.99. The second-order valence-corrected chi connectivity index (χ2v) is 5.56. The van der Waals surface area contributed by atoms with Crippen LogP contribution in [0.2, 0.25) is 0 Å². The first-order valence-electron chi connectivity index (χ1n) is 5.16. The lowest BCUT2D eigenvalue weighted by Gasteiger charge is -2.16. The highest BCUT2D eigenvalue weighted by atomic mass is 32.2. The van der Waals surface area contributed by atoms with Crippen molar-refractivity contribution in [1.82, 2.24) is 0 Å². The summed E-state index contributed by atoms with van der Waals surface area (Å²) in [5.74, 6) is -0.428. The largest absolute Gasteiger partial charge is 0.396 e. The van der Waals surface area contributed by atoms with Gasteiger partial charge in [0.25, 0.3) is 5.91 Å². The minimum absolute atomic E-state index is 0.428. The minimum atomic E-state index is -0.428. The lowest BCUT2D eigenvalue weighted by Crippen LogP contribution is -2.16. The van der Waals surface area contributed by atoms with E-state index in [1.54, 1.807) is 11.8 Å². The van der Waals surface area contributed by atoms with E-state index in [4.69, 9.17) is 11.5 Å². The number of nitrogen functional groups attached to an aromatic ring is 1. The van der Waals surface area contributed by atoms with Gasteiger partial charge in [-0.3, -0.25) is 4.79 Å². The molecule has 4 nitrogen and oxygen atoms in total. The van der Waals surface area contributed by atoms with E-state index in [0.717, 1.165) is 23.0 Å². The zero-order valence-electron chi connectivity index (χ0n) is 9.16. The van der Waals surface area contributed by atoms with Gasteiger partial charge in [-0.1, -0.05) is 0 Å². The molecule has 2 rings (SSSR count). The second-order valence-electron chi connectivity index (χ2n) is 3.74. The van der Waals surface area contributed by atoms with E-state index in [1.165, 1.54) is 24.2 Å². The summed E-state index contributed by atoms with van der Waals surface area (Å²) in [7, 11) is 0. The van der Waals surface area contributed by atoms with Crippen LogP contribution in [0.5, 0.6) is 0 Å². The van der Waals surface area contributed by atoms with E-state index < -0.39 is 5.91 Å². The van der Waals surface area contributed by atoms with Crippen molar-refractivity contribution in [3.63, 3.8) is 0 Å². The summed E-state index contributed by atoms with van der Waals surface area (Å²) in [5.41, 5.74) is 11.8. The van der Waals surface area contributed by atoms with Crippen molar-refractivity contribution in [2.45, 2.75) is 17.7 Å². The van der Waals surface area contributed by atoms with Gasteiger partial charge in [0.1, 0.15) is 9.88 Å². The first kappa shape index (κ1) is 11.6. The maximum atomic E-state index is 11.2. The smallest absolute Gasteiger partial charge is 0.261 e. The molecule has 0 radical (unpaired) electrons. The Hall–Kier alpha value is -0.880. The number of rotatable bonds is 3. The summed E-state index contributed by atoms with van der Waals surface area (Å²) in [6.45, 7) is 2.09. The summed E-state index contributed by atoms with van der Waals surface area (Å²) in [4.78, 5) is 15.0. The second kappa shape index (κ2) is 4.55. The van der Waals surface area contributed by atoms with E-state index in [1.807, 2.05) is 6.26 Å². The molecule has 0 spiro atoms. The van der Waals surface area contributed by atoms with E-state index in [-0.39, 0.29) is 0 Å². The van der Waals surface area contributed by atoms with Crippen LogP contribution in [0.25, 0.3) is 0 Å². The van der Waals surface area contributed by atoms with Crippen LogP contribution in [0, 0.1) is 0 Å². The van der Waals surface area contributed by atoms with Crippen LogP contribution in [-0.2, 0) is 0 Å². The topological polar surface area (TPSA) is 72.3 Å². The van der Waals surface area contributed by atoms with Crippen molar-refractivity contribution in [1.29, 1.82) is 0 Å². The number of carbonyl (C=O) groups is 1. The number of nitrogens with two attached hydrogens (primary N) is 2. The van der Waals surface area contributed by atoms with Gasteiger partial charge in [-0.05, 0) is 19.1 Å². The van der Waals surface area contributed by atoms with Crippen molar-refractivity contribution in [2.75, 3.05) is 30.0 Å². The van der Waals surface area contributed by atoms with Gasteiger partial charge in [0.2, 0.25) is 0 Å². The summed E-state index contributed by atoms with van der Waals surface area (Å²) in [6, 6.07) is 0. The van der Waals surface area contributed by atoms with Gasteiger partial charge in [0, 0.05) is 13.1 Å². The average molecular weight is 257 g/mol. The normalized spacial score (nSPS) is 15.7. The van der Waals surface area contributed by atoms with Gasteiger partial charge >= 0.3 is 0 Å². The predicted molar refractivity (Wildman–Crippen MR) is 70.5 cm³/mol. The van der Waals surface area contributed by atoms with Crippen molar-refractivity contribution >= 4 is 39.7 Å². The highest BCUT2D eigenvalue weighted by Gasteiger charge is 2.24. The molecule has 1 fully saturated rings. The molecule has 1 aliphatic heterocycles. The molecule has 0 aliphatic carbocycles. The van der Waals surface area contributed by atoms with Crippen molar-refractivity contribution < 1.29 is 4.79 Å². The predicted octanol–water partition coefficient (Wildman–Crippen LogP) is 1.75. The van der Waals surface area contributed by atoms with Gasteiger partial charge in [0.05, 0.1) is 10.6 Å². The molecule has 1 aliphatic rings. The Balaban J connectivity index is 2.43. The minimum Gasteiger partial charge on any atom is -0.396 e. The molecular weight excluding hydrogens is 242 g/mol. The quantitative estimate of drug-likeness (QED) is 0.809. The maximum Gasteiger partial charge on any atom is 0.261 e. The van der Waals surface area contributed by atoms with Crippen LogP contribution < -0.4 is 16.4 Å². The fourth-order valence-corrected chi connectivity index (χ4v) is 4.01. The van der Waals surface area contributed by atoms with Gasteiger partial charge < -0.3 is 16.4 Å². The number of anilines is 2. The third kappa shape index (κ3) is 1.87. The Bertz CT molecular complexity index is 410. The molecule has 1 saturated heterocycles. The van der Waals surface area contributed by atoms with Crippen molar-refractivity contribution in [3.8, 4) is 0 Å². The molecule has 0 aromatic carbocycles. The molecule has 88 valence electrons. The lowest BCUT2D eigenvalue weighted by molar-refractivity contribution is 0.100. The third-order valence-electron chi connectivity index (χ3n) is 2.70. The third-order valence-corrected chi connectivity index (χ3v) is 4.94. The highest BCUT2D eigenvalue weighted by Crippen LogP contribution is 2.44. The van der Waals surface area contributed by atoms with E-state index in [0.29, 0.717) is 10.6 Å². The molecule has 0 bridgehead atoms. The molecule has 6 heteroatoms. The Morgan fingerprint density at radius 1 is 1.44 bits per heavy atom. The lowest BCUT2D eigenvalue weighted by atomic mass is 10.4. The van der Waals surface area contributed by atoms with E-state index in [2.05, 4.69) is 4.90 Å². The fourth-order valence-electron chi connectivity index (χ4n) is 1.92. The molecule has 2 heterocycles. The van der Waals surface area contributed by atoms with Crippen LogP contribution in [0.1, 0.15) is 22.5 Å². The van der Waals surface area contributed by atoms with E-state index in [9.17, 15) is 4.79 Å². The van der Waals surface area contributed by atoms with E-state index >= 15 is 0 Å². The number of hydrogen-bond acceptors (Lipinski definition) is 5. The van der Waals surface area contributed by atoms with Crippen LogP contribution >= 0.6 is 23.1 Å². The first-order valence-corrected chi connectivity index (χ1v) is 7.20. The van der Waals surface area contributed by atoms with Gasteiger partial charge in [-0.25, -0.2) is 0 Å². The molecule has 1 amide bonds. The Morgan fingerprint density at radius 3 is 2.56 bits per heavy atom. The number of thioether (sulfide) groups is 1. The maximum absolute atomic E-state index is 11.2. The standard InChI is InChI=1S/C10H15N3OS2/c1-15-8-6(11)7(9(12)14)16-10(8)13-4-2-3-5-13/h2-5,11H2,1H3,(H2,12,14). The zero-order valence-corrected chi connectivity index (χ0v) is 10.8. The number of nitrogens with zero attached hydrogens (tertiary/aromatic N) is 1. The number of carbonyl (C=O) groups excluding carboxylic acids is 1.